The molecule has 3 rings (SSSR count). The Morgan fingerprint density at radius 2 is 1.81 bits per heavy atom. The van der Waals surface area contributed by atoms with Crippen LogP contribution >= 0.6 is 0 Å². The van der Waals surface area contributed by atoms with Gasteiger partial charge in [0.05, 0.1) is 0 Å². The molecule has 0 bridgehead atoms. The highest BCUT2D eigenvalue weighted by atomic mass is 19.1. The maximum Gasteiger partial charge on any atom is 0.222 e. The Hall–Kier alpha value is -2.47. The van der Waals surface area contributed by atoms with Crippen molar-refractivity contribution in [2.75, 3.05) is 31.9 Å². The fourth-order valence-electron chi connectivity index (χ4n) is 3.56. The van der Waals surface area contributed by atoms with Gasteiger partial charge in [0.1, 0.15) is 11.6 Å². The quantitative estimate of drug-likeness (QED) is 0.818. The highest BCUT2D eigenvalue weighted by Crippen LogP contribution is 2.25. The Bertz CT molecular complexity index is 804. The van der Waals surface area contributed by atoms with E-state index in [0.29, 0.717) is 50.3 Å². The summed E-state index contributed by atoms with van der Waals surface area (Å²) in [6.07, 6.45) is 1.05. The maximum absolute atomic E-state index is 14.0. The average molecular weight is 373 g/mol. The zero-order chi connectivity index (χ0) is 19.4. The number of carbonyl (C=O) groups is 1. The number of rotatable bonds is 5. The highest BCUT2D eigenvalue weighted by molar-refractivity contribution is 5.76. The van der Waals surface area contributed by atoms with Crippen LogP contribution in [0.4, 0.5) is 14.5 Å². The van der Waals surface area contributed by atoms with Crippen LogP contribution in [-0.4, -0.2) is 41.9 Å². The minimum absolute atomic E-state index is 0.110. The number of carbonyl (C=O) groups excluding carboxylic acids is 1. The van der Waals surface area contributed by atoms with E-state index in [1.165, 1.54) is 12.1 Å². The predicted octanol–water partition coefficient (Wildman–Crippen LogP) is 3.39. The number of nitrogen functional groups attached to an aromatic ring is 1. The van der Waals surface area contributed by atoms with Crippen molar-refractivity contribution in [2.24, 2.45) is 0 Å². The van der Waals surface area contributed by atoms with Gasteiger partial charge in [0.2, 0.25) is 5.91 Å². The van der Waals surface area contributed by atoms with Crippen LogP contribution in [0.15, 0.2) is 42.5 Å². The monoisotopic (exact) mass is 373 g/mol. The SMILES string of the molecule is CC(c1ccc(F)cc1F)N1CCN(C(=O)CCc2ccccc2N)CC1. The predicted molar refractivity (Wildman–Crippen MR) is 102 cm³/mol. The van der Waals surface area contributed by atoms with Crippen molar-refractivity contribution in [1.82, 2.24) is 9.80 Å². The second-order valence-corrected chi connectivity index (χ2v) is 6.96. The van der Waals surface area contributed by atoms with Gasteiger partial charge in [0.15, 0.2) is 0 Å². The average Bonchev–Trinajstić information content (AvgIpc) is 2.67. The molecule has 1 aliphatic heterocycles. The van der Waals surface area contributed by atoms with E-state index in [9.17, 15) is 13.6 Å². The zero-order valence-electron chi connectivity index (χ0n) is 15.5. The third-order valence-electron chi connectivity index (χ3n) is 5.29. The number of piperazine rings is 1. The second kappa shape index (κ2) is 8.48. The number of hydrogen-bond acceptors (Lipinski definition) is 3. The molecule has 0 saturated carbocycles. The van der Waals surface area contributed by atoms with E-state index in [2.05, 4.69) is 4.90 Å². The summed E-state index contributed by atoms with van der Waals surface area (Å²) in [5.74, 6) is -0.988. The van der Waals surface area contributed by atoms with E-state index in [1.807, 2.05) is 36.1 Å². The first-order valence-electron chi connectivity index (χ1n) is 9.26. The molecular weight excluding hydrogens is 348 g/mol. The molecule has 1 unspecified atom stereocenters. The number of aryl methyl sites for hydroxylation is 1. The largest absolute Gasteiger partial charge is 0.399 e. The van der Waals surface area contributed by atoms with Gasteiger partial charge in [-0.1, -0.05) is 24.3 Å². The Morgan fingerprint density at radius 3 is 2.48 bits per heavy atom. The third kappa shape index (κ3) is 4.63. The van der Waals surface area contributed by atoms with E-state index in [-0.39, 0.29) is 11.9 Å². The molecule has 2 aromatic rings. The summed E-state index contributed by atoms with van der Waals surface area (Å²) in [7, 11) is 0. The van der Waals surface area contributed by atoms with Crippen molar-refractivity contribution in [2.45, 2.75) is 25.8 Å². The fourth-order valence-corrected chi connectivity index (χ4v) is 3.56. The molecule has 1 aliphatic rings. The fraction of sp³-hybridized carbons (Fsp3) is 0.381. The van der Waals surface area contributed by atoms with Gasteiger partial charge < -0.3 is 10.6 Å². The van der Waals surface area contributed by atoms with Crippen molar-refractivity contribution >= 4 is 11.6 Å². The summed E-state index contributed by atoms with van der Waals surface area (Å²) < 4.78 is 27.1. The molecule has 1 amide bonds. The topological polar surface area (TPSA) is 49.6 Å². The molecular formula is C21H25F2N3O. The number of halogens is 2. The van der Waals surface area contributed by atoms with Crippen LogP contribution in [0.2, 0.25) is 0 Å². The number of hydrogen-bond donors (Lipinski definition) is 1. The summed E-state index contributed by atoms with van der Waals surface area (Å²) in [6.45, 7) is 4.45. The lowest BCUT2D eigenvalue weighted by atomic mass is 10.0. The zero-order valence-corrected chi connectivity index (χ0v) is 15.5. The first-order valence-corrected chi connectivity index (χ1v) is 9.26. The van der Waals surface area contributed by atoms with E-state index < -0.39 is 11.6 Å². The minimum Gasteiger partial charge on any atom is -0.399 e. The Kier molecular flexibility index (Phi) is 6.06. The molecule has 1 heterocycles. The van der Waals surface area contributed by atoms with Crippen LogP contribution in [0.1, 0.15) is 30.5 Å². The lowest BCUT2D eigenvalue weighted by Crippen LogP contribution is -2.49. The van der Waals surface area contributed by atoms with Crippen LogP contribution in [0, 0.1) is 11.6 Å². The van der Waals surface area contributed by atoms with Gasteiger partial charge in [-0.25, -0.2) is 8.78 Å². The molecule has 1 atom stereocenters. The lowest BCUT2D eigenvalue weighted by molar-refractivity contribution is -0.133. The van der Waals surface area contributed by atoms with Gasteiger partial charge in [0, 0.05) is 56.0 Å². The molecule has 1 saturated heterocycles. The Morgan fingerprint density at radius 1 is 1.11 bits per heavy atom. The van der Waals surface area contributed by atoms with Gasteiger partial charge in [-0.2, -0.15) is 0 Å². The van der Waals surface area contributed by atoms with E-state index in [1.54, 1.807) is 0 Å². The number of nitrogens with two attached hydrogens (primary N) is 1. The normalized spacial score (nSPS) is 16.3. The van der Waals surface area contributed by atoms with Crippen LogP contribution in [0.3, 0.4) is 0 Å². The molecule has 27 heavy (non-hydrogen) atoms. The van der Waals surface area contributed by atoms with Crippen molar-refractivity contribution < 1.29 is 13.6 Å². The molecule has 1 fully saturated rings. The molecule has 2 aromatic carbocycles. The first-order chi connectivity index (χ1) is 13.0. The summed E-state index contributed by atoms with van der Waals surface area (Å²) in [5, 5.41) is 0. The molecule has 0 aromatic heterocycles. The second-order valence-electron chi connectivity index (χ2n) is 6.96. The van der Waals surface area contributed by atoms with E-state index in [0.717, 1.165) is 11.6 Å². The highest BCUT2D eigenvalue weighted by Gasteiger charge is 2.26. The van der Waals surface area contributed by atoms with E-state index >= 15 is 0 Å². The number of para-hydroxylation sites is 1. The number of benzene rings is 2. The standard InChI is InChI=1S/C21H25F2N3O/c1-15(18-8-7-17(22)14-19(18)23)25-10-12-26(13-11-25)21(27)9-6-16-4-2-3-5-20(16)24/h2-5,7-8,14-15H,6,9-13,24H2,1H3. The molecule has 0 radical (unpaired) electrons. The van der Waals surface area contributed by atoms with Gasteiger partial charge in [0.25, 0.3) is 0 Å². The van der Waals surface area contributed by atoms with Crippen molar-refractivity contribution in [3.8, 4) is 0 Å². The Labute approximate surface area is 158 Å². The lowest BCUT2D eigenvalue weighted by Gasteiger charge is -2.38. The first kappa shape index (κ1) is 19.3. The third-order valence-corrected chi connectivity index (χ3v) is 5.29. The molecule has 2 N–H and O–H groups in total. The molecule has 0 aliphatic carbocycles. The van der Waals surface area contributed by atoms with Gasteiger partial charge in [-0.05, 0) is 31.0 Å². The minimum atomic E-state index is -0.571. The van der Waals surface area contributed by atoms with Crippen LogP contribution in [0.5, 0.6) is 0 Å². The van der Waals surface area contributed by atoms with E-state index in [4.69, 9.17) is 5.73 Å². The van der Waals surface area contributed by atoms with Crippen LogP contribution in [-0.2, 0) is 11.2 Å². The number of amides is 1. The molecule has 0 spiro atoms. The van der Waals surface area contributed by atoms with Crippen LogP contribution < -0.4 is 5.73 Å². The summed E-state index contributed by atoms with van der Waals surface area (Å²) in [5.41, 5.74) is 8.11. The van der Waals surface area contributed by atoms with Gasteiger partial charge >= 0.3 is 0 Å². The van der Waals surface area contributed by atoms with Crippen LogP contribution in [0.25, 0.3) is 0 Å². The van der Waals surface area contributed by atoms with Crippen molar-refractivity contribution in [3.05, 3.63) is 65.2 Å². The van der Waals surface area contributed by atoms with Gasteiger partial charge in [-0.15, -0.1) is 0 Å². The smallest absolute Gasteiger partial charge is 0.222 e. The molecule has 4 nitrogen and oxygen atoms in total. The van der Waals surface area contributed by atoms with Gasteiger partial charge in [-0.3, -0.25) is 9.69 Å². The number of anilines is 1. The van der Waals surface area contributed by atoms with Crippen molar-refractivity contribution in [1.29, 1.82) is 0 Å². The summed E-state index contributed by atoms with van der Waals surface area (Å²) >= 11 is 0. The maximum atomic E-state index is 14.0. The van der Waals surface area contributed by atoms with Crippen molar-refractivity contribution in [3.63, 3.8) is 0 Å². The molecule has 144 valence electrons. The number of nitrogens with zero attached hydrogens (tertiary/aromatic N) is 2. The molecule has 6 heteroatoms. The summed E-state index contributed by atoms with van der Waals surface area (Å²) in [4.78, 5) is 16.5. The Balaban J connectivity index is 1.52. The summed E-state index contributed by atoms with van der Waals surface area (Å²) in [6, 6.07) is 11.1.